The van der Waals surface area contributed by atoms with Gasteiger partial charge in [0.1, 0.15) is 11.8 Å². The largest absolute Gasteiger partial charge is 0.497 e. The van der Waals surface area contributed by atoms with Crippen molar-refractivity contribution in [1.29, 1.82) is 0 Å². The van der Waals surface area contributed by atoms with Crippen molar-refractivity contribution in [3.05, 3.63) is 82.7 Å². The predicted molar refractivity (Wildman–Crippen MR) is 139 cm³/mol. The van der Waals surface area contributed by atoms with Crippen LogP contribution in [0.4, 0.5) is 5.69 Å². The van der Waals surface area contributed by atoms with Crippen molar-refractivity contribution in [3.8, 4) is 5.75 Å². The van der Waals surface area contributed by atoms with E-state index in [0.29, 0.717) is 24.4 Å². The van der Waals surface area contributed by atoms with Crippen LogP contribution in [-0.2, 0) is 11.2 Å². The van der Waals surface area contributed by atoms with Crippen LogP contribution in [0.25, 0.3) is 10.9 Å². The number of aromatic nitrogens is 1. The van der Waals surface area contributed by atoms with E-state index < -0.39 is 6.04 Å². The van der Waals surface area contributed by atoms with Gasteiger partial charge in [0, 0.05) is 61.5 Å². The van der Waals surface area contributed by atoms with E-state index in [4.69, 9.17) is 4.74 Å². The van der Waals surface area contributed by atoms with Crippen LogP contribution in [0.5, 0.6) is 5.75 Å². The summed E-state index contributed by atoms with van der Waals surface area (Å²) in [5.41, 5.74) is 3.11. The van der Waals surface area contributed by atoms with Crippen LogP contribution in [0, 0.1) is 0 Å². The lowest BCUT2D eigenvalue weighted by Crippen LogP contribution is -2.55. The van der Waals surface area contributed by atoms with Crippen LogP contribution in [0.2, 0.25) is 0 Å². The molecule has 2 aromatic carbocycles. The number of carbonyl (C=O) groups is 2. The highest BCUT2D eigenvalue weighted by Crippen LogP contribution is 2.23. The molecule has 3 heterocycles. The molecule has 7 nitrogen and oxygen atoms in total. The number of fused-ring (bicyclic) bond motifs is 1. The van der Waals surface area contributed by atoms with Gasteiger partial charge in [0.25, 0.3) is 5.91 Å². The normalized spacial score (nSPS) is 14.7. The molecule has 0 unspecified atom stereocenters. The highest BCUT2D eigenvalue weighted by Gasteiger charge is 2.30. The summed E-state index contributed by atoms with van der Waals surface area (Å²) in [5, 5.41) is 5.95. The van der Waals surface area contributed by atoms with Crippen molar-refractivity contribution in [2.24, 2.45) is 0 Å². The number of aromatic amines is 1. The molecule has 2 aromatic heterocycles. The van der Waals surface area contributed by atoms with Crippen LogP contribution in [0.15, 0.2) is 72.2 Å². The van der Waals surface area contributed by atoms with Gasteiger partial charge in [0.15, 0.2) is 0 Å². The molecule has 0 bridgehead atoms. The first-order chi connectivity index (χ1) is 17.1. The molecule has 2 N–H and O–H groups in total. The van der Waals surface area contributed by atoms with Crippen molar-refractivity contribution in [3.63, 3.8) is 0 Å². The van der Waals surface area contributed by atoms with E-state index in [9.17, 15) is 9.59 Å². The number of hydrogen-bond donors (Lipinski definition) is 2. The first kappa shape index (κ1) is 23.0. The number of carbonyl (C=O) groups excluding carboxylic acids is 2. The minimum atomic E-state index is -0.646. The summed E-state index contributed by atoms with van der Waals surface area (Å²) < 4.78 is 5.35. The molecule has 8 heteroatoms. The number of piperazine rings is 1. The predicted octanol–water partition coefficient (Wildman–Crippen LogP) is 3.93. The fourth-order valence-corrected chi connectivity index (χ4v) is 5.20. The third-order valence-corrected chi connectivity index (χ3v) is 7.33. The van der Waals surface area contributed by atoms with E-state index >= 15 is 0 Å². The zero-order valence-electron chi connectivity index (χ0n) is 19.6. The third kappa shape index (κ3) is 5.02. The number of methoxy groups -OCH3 is 1. The van der Waals surface area contributed by atoms with E-state index in [1.165, 1.54) is 11.3 Å². The summed E-state index contributed by atoms with van der Waals surface area (Å²) in [5.74, 6) is 0.551. The molecule has 0 radical (unpaired) electrons. The monoisotopic (exact) mass is 488 g/mol. The highest BCUT2D eigenvalue weighted by molar-refractivity contribution is 7.12. The van der Waals surface area contributed by atoms with Gasteiger partial charge >= 0.3 is 0 Å². The van der Waals surface area contributed by atoms with E-state index in [2.05, 4.69) is 21.3 Å². The van der Waals surface area contributed by atoms with Crippen LogP contribution in [0.3, 0.4) is 0 Å². The molecule has 1 aliphatic rings. The van der Waals surface area contributed by atoms with Gasteiger partial charge in [-0.3, -0.25) is 9.59 Å². The molecule has 0 saturated carbocycles. The second-order valence-corrected chi connectivity index (χ2v) is 9.53. The lowest BCUT2D eigenvalue weighted by Gasteiger charge is -2.37. The molecular weight excluding hydrogens is 460 g/mol. The van der Waals surface area contributed by atoms with Gasteiger partial charge in [-0.1, -0.05) is 30.3 Å². The second-order valence-electron chi connectivity index (χ2n) is 8.58. The fourth-order valence-electron chi connectivity index (χ4n) is 4.57. The Morgan fingerprint density at radius 2 is 1.89 bits per heavy atom. The molecule has 2 amide bonds. The van der Waals surface area contributed by atoms with Crippen molar-refractivity contribution in [2.45, 2.75) is 12.5 Å². The smallest absolute Gasteiger partial charge is 0.262 e. The maximum Gasteiger partial charge on any atom is 0.262 e. The zero-order chi connectivity index (χ0) is 24.2. The quantitative estimate of drug-likeness (QED) is 0.413. The lowest BCUT2D eigenvalue weighted by molar-refractivity contribution is -0.133. The summed E-state index contributed by atoms with van der Waals surface area (Å²) >= 11 is 1.37. The van der Waals surface area contributed by atoms with E-state index in [1.54, 1.807) is 13.2 Å². The number of H-pyrrole nitrogens is 1. The Hall–Kier alpha value is -3.78. The number of nitrogens with zero attached hydrogens (tertiary/aromatic N) is 2. The number of amides is 2. The fraction of sp³-hybridized carbons (Fsp3) is 0.259. The Morgan fingerprint density at radius 1 is 1.06 bits per heavy atom. The van der Waals surface area contributed by atoms with Crippen molar-refractivity contribution < 1.29 is 14.3 Å². The molecule has 1 aliphatic heterocycles. The number of nitrogens with one attached hydrogen (secondary N) is 2. The number of thiophene rings is 1. The van der Waals surface area contributed by atoms with Gasteiger partial charge < -0.3 is 24.8 Å². The molecule has 5 rings (SSSR count). The number of hydrogen-bond acceptors (Lipinski definition) is 5. The molecule has 1 saturated heterocycles. The molecule has 1 fully saturated rings. The van der Waals surface area contributed by atoms with Gasteiger partial charge in [-0.2, -0.15) is 0 Å². The van der Waals surface area contributed by atoms with Crippen molar-refractivity contribution >= 4 is 39.7 Å². The Balaban J connectivity index is 1.32. The number of benzene rings is 2. The molecular formula is C27H28N4O3S. The molecule has 0 aliphatic carbocycles. The average Bonchev–Trinajstić information content (AvgIpc) is 3.59. The summed E-state index contributed by atoms with van der Waals surface area (Å²) in [6.45, 7) is 2.62. The summed E-state index contributed by atoms with van der Waals surface area (Å²) in [7, 11) is 1.66. The molecule has 4 aromatic rings. The Kier molecular flexibility index (Phi) is 6.72. The zero-order valence-corrected chi connectivity index (χ0v) is 20.4. The van der Waals surface area contributed by atoms with Gasteiger partial charge in [-0.05, 0) is 35.2 Å². The van der Waals surface area contributed by atoms with E-state index in [1.807, 2.05) is 65.0 Å². The van der Waals surface area contributed by atoms with E-state index in [0.717, 1.165) is 41.0 Å². The molecule has 180 valence electrons. The first-order valence-corrected chi connectivity index (χ1v) is 12.6. The third-order valence-electron chi connectivity index (χ3n) is 6.46. The Morgan fingerprint density at radius 3 is 2.66 bits per heavy atom. The highest BCUT2D eigenvalue weighted by atomic mass is 32.1. The standard InChI is InChI=1S/C27H28N4O3S/c1-34-21-7-4-6-20(17-21)30-11-13-31(14-12-30)27(33)24(29-26(32)25-10-5-15-35-25)16-19-18-28-23-9-3-2-8-22(19)23/h2-10,15,17-18,24,28H,11-14,16H2,1H3,(H,29,32)/t24-/m0/s1. The Labute approximate surface area is 208 Å². The van der Waals surface area contributed by atoms with Gasteiger partial charge in [-0.25, -0.2) is 0 Å². The van der Waals surface area contributed by atoms with Crippen molar-refractivity contribution in [2.75, 3.05) is 38.2 Å². The summed E-state index contributed by atoms with van der Waals surface area (Å²) in [6, 6.07) is 19.0. The Bertz CT molecular complexity index is 1310. The molecule has 1 atom stereocenters. The minimum absolute atomic E-state index is 0.0505. The number of ether oxygens (including phenoxy) is 1. The number of para-hydroxylation sites is 1. The number of anilines is 1. The maximum atomic E-state index is 13.7. The first-order valence-electron chi connectivity index (χ1n) is 11.7. The average molecular weight is 489 g/mol. The number of rotatable bonds is 7. The summed E-state index contributed by atoms with van der Waals surface area (Å²) in [6.07, 6.45) is 2.36. The second kappa shape index (κ2) is 10.2. The van der Waals surface area contributed by atoms with Crippen LogP contribution in [0.1, 0.15) is 15.2 Å². The van der Waals surface area contributed by atoms with Crippen molar-refractivity contribution in [1.82, 2.24) is 15.2 Å². The topological polar surface area (TPSA) is 77.7 Å². The van der Waals surface area contributed by atoms with E-state index in [-0.39, 0.29) is 11.8 Å². The molecule has 35 heavy (non-hydrogen) atoms. The van der Waals surface area contributed by atoms with Crippen LogP contribution < -0.4 is 15.0 Å². The minimum Gasteiger partial charge on any atom is -0.497 e. The lowest BCUT2D eigenvalue weighted by atomic mass is 10.0. The molecule has 0 spiro atoms. The van der Waals surface area contributed by atoms with Gasteiger partial charge in [0.05, 0.1) is 12.0 Å². The van der Waals surface area contributed by atoms with Crippen LogP contribution >= 0.6 is 11.3 Å². The maximum absolute atomic E-state index is 13.7. The van der Waals surface area contributed by atoms with Gasteiger partial charge in [0.2, 0.25) is 5.91 Å². The summed E-state index contributed by atoms with van der Waals surface area (Å²) in [4.78, 5) is 34.6. The SMILES string of the molecule is COc1cccc(N2CCN(C(=O)[C@H](Cc3c[nH]c4ccccc34)NC(=O)c3cccs3)CC2)c1. The van der Waals surface area contributed by atoms with Gasteiger partial charge in [-0.15, -0.1) is 11.3 Å². The van der Waals surface area contributed by atoms with Crippen LogP contribution in [-0.4, -0.2) is 61.0 Å².